The fraction of sp³-hybridized carbons (Fsp3) is 0.500. The van der Waals surface area contributed by atoms with Crippen molar-refractivity contribution in [1.29, 1.82) is 0 Å². The Morgan fingerprint density at radius 1 is 1.39 bits per heavy atom. The van der Waals surface area contributed by atoms with Crippen molar-refractivity contribution >= 4 is 33.5 Å². The summed E-state index contributed by atoms with van der Waals surface area (Å²) in [4.78, 5) is 19.7. The van der Waals surface area contributed by atoms with Crippen molar-refractivity contribution < 1.29 is 4.79 Å². The molecular formula is C16H24BrN5O. The molecule has 1 amide bonds. The van der Waals surface area contributed by atoms with Crippen LogP contribution in [0.2, 0.25) is 0 Å². The highest BCUT2D eigenvalue weighted by Gasteiger charge is 2.23. The van der Waals surface area contributed by atoms with Gasteiger partial charge in [-0.25, -0.2) is 0 Å². The molecule has 1 aromatic carbocycles. The monoisotopic (exact) mass is 381 g/mol. The zero-order chi connectivity index (χ0) is 16.8. The zero-order valence-corrected chi connectivity index (χ0v) is 15.4. The standard InChI is InChI=1S/C16H24BrN5O/c1-18-16(19-10-15(23)21(2)3)20-13-8-9-22(11-13)14-6-4-12(17)5-7-14/h4-7,13H,8-11H2,1-3H3,(H2,18,19,20). The average Bonchev–Trinajstić information content (AvgIpc) is 3.00. The van der Waals surface area contributed by atoms with Crippen molar-refractivity contribution in [2.75, 3.05) is 45.7 Å². The lowest BCUT2D eigenvalue weighted by atomic mass is 10.3. The first-order valence-corrected chi connectivity index (χ1v) is 8.46. The van der Waals surface area contributed by atoms with E-state index in [1.54, 1.807) is 26.0 Å². The van der Waals surface area contributed by atoms with Crippen LogP contribution in [0.3, 0.4) is 0 Å². The van der Waals surface area contributed by atoms with E-state index in [9.17, 15) is 4.79 Å². The molecule has 0 bridgehead atoms. The van der Waals surface area contributed by atoms with Crippen LogP contribution in [0.15, 0.2) is 33.7 Å². The largest absolute Gasteiger partial charge is 0.369 e. The molecule has 0 aliphatic carbocycles. The third-order valence-corrected chi connectivity index (χ3v) is 4.38. The predicted molar refractivity (Wildman–Crippen MR) is 98.0 cm³/mol. The fourth-order valence-corrected chi connectivity index (χ4v) is 2.73. The first-order chi connectivity index (χ1) is 11.0. The highest BCUT2D eigenvalue weighted by molar-refractivity contribution is 9.10. The lowest BCUT2D eigenvalue weighted by Crippen LogP contribution is -2.47. The van der Waals surface area contributed by atoms with Crippen LogP contribution >= 0.6 is 15.9 Å². The Labute approximate surface area is 146 Å². The van der Waals surface area contributed by atoms with Crippen molar-refractivity contribution in [3.63, 3.8) is 0 Å². The first-order valence-electron chi connectivity index (χ1n) is 7.67. The Bertz CT molecular complexity index is 558. The van der Waals surface area contributed by atoms with E-state index in [2.05, 4.69) is 60.7 Å². The van der Waals surface area contributed by atoms with Crippen molar-refractivity contribution in [1.82, 2.24) is 15.5 Å². The third kappa shape index (κ3) is 5.13. The average molecular weight is 382 g/mol. The van der Waals surface area contributed by atoms with Crippen LogP contribution in [0.5, 0.6) is 0 Å². The Hall–Kier alpha value is -1.76. The van der Waals surface area contributed by atoms with Crippen molar-refractivity contribution in [3.05, 3.63) is 28.7 Å². The Kier molecular flexibility index (Phi) is 6.27. The molecule has 23 heavy (non-hydrogen) atoms. The SMILES string of the molecule is CN=C(NCC(=O)N(C)C)NC1CCN(c2ccc(Br)cc2)C1. The van der Waals surface area contributed by atoms with E-state index in [1.807, 2.05) is 0 Å². The molecule has 0 radical (unpaired) electrons. The maximum absolute atomic E-state index is 11.6. The molecular weight excluding hydrogens is 358 g/mol. The summed E-state index contributed by atoms with van der Waals surface area (Å²) in [6, 6.07) is 8.68. The lowest BCUT2D eigenvalue weighted by molar-refractivity contribution is -0.127. The van der Waals surface area contributed by atoms with E-state index in [4.69, 9.17) is 0 Å². The van der Waals surface area contributed by atoms with Gasteiger partial charge < -0.3 is 20.4 Å². The van der Waals surface area contributed by atoms with E-state index >= 15 is 0 Å². The molecule has 2 N–H and O–H groups in total. The van der Waals surface area contributed by atoms with Gasteiger partial charge in [0.15, 0.2) is 5.96 Å². The second-order valence-corrected chi connectivity index (χ2v) is 6.68. The van der Waals surface area contributed by atoms with Gasteiger partial charge in [-0.15, -0.1) is 0 Å². The minimum Gasteiger partial charge on any atom is -0.369 e. The van der Waals surface area contributed by atoms with E-state index in [-0.39, 0.29) is 12.5 Å². The number of guanidine groups is 1. The van der Waals surface area contributed by atoms with Gasteiger partial charge in [-0.05, 0) is 30.7 Å². The number of hydrogen-bond acceptors (Lipinski definition) is 3. The van der Waals surface area contributed by atoms with Crippen molar-refractivity contribution in [2.45, 2.75) is 12.5 Å². The van der Waals surface area contributed by atoms with Crippen LogP contribution in [-0.2, 0) is 4.79 Å². The summed E-state index contributed by atoms with van der Waals surface area (Å²) >= 11 is 3.46. The van der Waals surface area contributed by atoms with E-state index in [0.717, 1.165) is 24.0 Å². The van der Waals surface area contributed by atoms with Crippen LogP contribution in [-0.4, -0.2) is 63.6 Å². The number of anilines is 1. The number of carbonyl (C=O) groups is 1. The molecule has 1 fully saturated rings. The summed E-state index contributed by atoms with van der Waals surface area (Å²) in [5.74, 6) is 0.693. The van der Waals surface area contributed by atoms with Crippen LogP contribution < -0.4 is 15.5 Å². The normalized spacial score (nSPS) is 18.0. The maximum Gasteiger partial charge on any atom is 0.241 e. The number of benzene rings is 1. The zero-order valence-electron chi connectivity index (χ0n) is 13.8. The van der Waals surface area contributed by atoms with Gasteiger partial charge in [0, 0.05) is 50.4 Å². The molecule has 2 rings (SSSR count). The van der Waals surface area contributed by atoms with E-state index in [0.29, 0.717) is 12.0 Å². The topological polar surface area (TPSA) is 60.0 Å². The molecule has 1 heterocycles. The minimum atomic E-state index is 0.0239. The number of nitrogens with zero attached hydrogens (tertiary/aromatic N) is 3. The molecule has 0 saturated carbocycles. The summed E-state index contributed by atoms with van der Waals surface area (Å²) < 4.78 is 1.09. The van der Waals surface area contributed by atoms with Gasteiger partial charge >= 0.3 is 0 Å². The second kappa shape index (κ2) is 8.19. The van der Waals surface area contributed by atoms with Gasteiger partial charge in [-0.3, -0.25) is 9.79 Å². The highest BCUT2D eigenvalue weighted by Crippen LogP contribution is 2.22. The molecule has 1 aliphatic rings. The van der Waals surface area contributed by atoms with Crippen LogP contribution in [0.1, 0.15) is 6.42 Å². The van der Waals surface area contributed by atoms with Crippen molar-refractivity contribution in [2.24, 2.45) is 4.99 Å². The summed E-state index contributed by atoms with van der Waals surface area (Å²) in [6.45, 7) is 2.17. The molecule has 1 aromatic rings. The van der Waals surface area contributed by atoms with Gasteiger partial charge in [-0.1, -0.05) is 15.9 Å². The molecule has 1 saturated heterocycles. The summed E-state index contributed by atoms with van der Waals surface area (Å²) in [7, 11) is 5.21. The number of likely N-dealkylation sites (N-methyl/N-ethyl adjacent to an activating group) is 1. The molecule has 6 nitrogen and oxygen atoms in total. The van der Waals surface area contributed by atoms with Crippen LogP contribution in [0, 0.1) is 0 Å². The Balaban J connectivity index is 1.84. The van der Waals surface area contributed by atoms with Gasteiger partial charge in [0.1, 0.15) is 0 Å². The molecule has 1 aliphatic heterocycles. The number of aliphatic imine (C=N–C) groups is 1. The molecule has 126 valence electrons. The lowest BCUT2D eigenvalue weighted by Gasteiger charge is -2.20. The van der Waals surface area contributed by atoms with Crippen LogP contribution in [0.25, 0.3) is 0 Å². The number of hydrogen-bond donors (Lipinski definition) is 2. The van der Waals surface area contributed by atoms with Crippen molar-refractivity contribution in [3.8, 4) is 0 Å². The molecule has 1 atom stereocenters. The Morgan fingerprint density at radius 3 is 2.70 bits per heavy atom. The first kappa shape index (κ1) is 17.6. The molecule has 0 spiro atoms. The second-order valence-electron chi connectivity index (χ2n) is 5.77. The summed E-state index contributed by atoms with van der Waals surface area (Å²) in [5.41, 5.74) is 1.23. The number of carbonyl (C=O) groups excluding carboxylic acids is 1. The molecule has 7 heteroatoms. The fourth-order valence-electron chi connectivity index (χ4n) is 2.47. The van der Waals surface area contributed by atoms with Gasteiger partial charge in [-0.2, -0.15) is 0 Å². The molecule has 0 aromatic heterocycles. The van der Waals surface area contributed by atoms with E-state index < -0.39 is 0 Å². The number of rotatable bonds is 4. The number of halogens is 1. The summed E-state index contributed by atoms with van der Waals surface area (Å²) in [6.07, 6.45) is 1.04. The maximum atomic E-state index is 11.6. The quantitative estimate of drug-likeness (QED) is 0.609. The van der Waals surface area contributed by atoms with E-state index in [1.165, 1.54) is 5.69 Å². The number of amides is 1. The Morgan fingerprint density at radius 2 is 2.09 bits per heavy atom. The minimum absolute atomic E-state index is 0.0239. The van der Waals surface area contributed by atoms with Crippen LogP contribution in [0.4, 0.5) is 5.69 Å². The van der Waals surface area contributed by atoms with Gasteiger partial charge in [0.25, 0.3) is 0 Å². The smallest absolute Gasteiger partial charge is 0.241 e. The molecule has 1 unspecified atom stereocenters. The summed E-state index contributed by atoms with van der Waals surface area (Å²) in [5, 5.41) is 6.45. The highest BCUT2D eigenvalue weighted by atomic mass is 79.9. The predicted octanol–water partition coefficient (Wildman–Crippen LogP) is 1.28. The van der Waals surface area contributed by atoms with Gasteiger partial charge in [0.05, 0.1) is 6.54 Å². The van der Waals surface area contributed by atoms with Gasteiger partial charge in [0.2, 0.25) is 5.91 Å². The number of nitrogens with one attached hydrogen (secondary N) is 2. The third-order valence-electron chi connectivity index (χ3n) is 3.85.